The molecular weight excluding hydrogens is 294 g/mol. The van der Waals surface area contributed by atoms with Crippen LogP contribution in [0.3, 0.4) is 0 Å². The van der Waals surface area contributed by atoms with Crippen LogP contribution in [-0.2, 0) is 14.3 Å². The molecule has 0 aliphatic carbocycles. The van der Waals surface area contributed by atoms with Gasteiger partial charge in [-0.2, -0.15) is 0 Å². The van der Waals surface area contributed by atoms with E-state index in [9.17, 15) is 9.59 Å². The van der Waals surface area contributed by atoms with E-state index in [1.165, 1.54) is 0 Å². The Morgan fingerprint density at radius 3 is 2.78 bits per heavy atom. The fourth-order valence-electron chi connectivity index (χ4n) is 2.74. The number of carbonyl (C=O) groups excluding carboxylic acids is 2. The van der Waals surface area contributed by atoms with E-state index in [1.54, 1.807) is 11.8 Å². The number of amides is 1. The highest BCUT2D eigenvalue weighted by atomic mass is 16.5. The minimum absolute atomic E-state index is 0.0932. The Morgan fingerprint density at radius 1 is 1.26 bits per heavy atom. The summed E-state index contributed by atoms with van der Waals surface area (Å²) in [5.74, 6) is 0.557. The van der Waals surface area contributed by atoms with E-state index < -0.39 is 0 Å². The molecule has 1 fully saturated rings. The second-order valence-electron chi connectivity index (χ2n) is 5.70. The van der Waals surface area contributed by atoms with Crippen LogP contribution >= 0.6 is 0 Å². The topological polar surface area (TPSA) is 55.8 Å². The molecule has 1 amide bonds. The van der Waals surface area contributed by atoms with Crippen LogP contribution in [0.2, 0.25) is 0 Å². The van der Waals surface area contributed by atoms with Crippen molar-refractivity contribution in [2.24, 2.45) is 5.92 Å². The second-order valence-corrected chi connectivity index (χ2v) is 5.70. The second kappa shape index (κ2) is 9.18. The first kappa shape index (κ1) is 17.3. The van der Waals surface area contributed by atoms with Crippen molar-refractivity contribution in [3.05, 3.63) is 30.3 Å². The van der Waals surface area contributed by atoms with Crippen molar-refractivity contribution in [1.82, 2.24) is 4.90 Å². The van der Waals surface area contributed by atoms with Gasteiger partial charge in [-0.3, -0.25) is 9.59 Å². The number of hydrogen-bond acceptors (Lipinski definition) is 4. The lowest BCUT2D eigenvalue weighted by molar-refractivity contribution is -0.151. The van der Waals surface area contributed by atoms with Crippen LogP contribution in [0.1, 0.15) is 32.6 Å². The fourth-order valence-corrected chi connectivity index (χ4v) is 2.74. The lowest BCUT2D eigenvalue weighted by atomic mass is 9.98. The Hall–Kier alpha value is -2.04. The predicted octanol–water partition coefficient (Wildman–Crippen LogP) is 2.65. The summed E-state index contributed by atoms with van der Waals surface area (Å²) in [6.07, 6.45) is 2.78. The normalized spacial score (nSPS) is 17.6. The number of carbonyl (C=O) groups is 2. The summed E-state index contributed by atoms with van der Waals surface area (Å²) in [6.45, 7) is 3.92. The van der Waals surface area contributed by atoms with Crippen LogP contribution in [-0.4, -0.2) is 43.1 Å². The molecule has 1 aromatic carbocycles. The molecule has 0 bridgehead atoms. The molecule has 5 nitrogen and oxygen atoms in total. The minimum Gasteiger partial charge on any atom is -0.494 e. The Balaban J connectivity index is 1.69. The first-order chi connectivity index (χ1) is 11.2. The zero-order valence-electron chi connectivity index (χ0n) is 13.7. The third-order valence-corrected chi connectivity index (χ3v) is 3.94. The average Bonchev–Trinajstić information content (AvgIpc) is 2.60. The lowest BCUT2D eigenvalue weighted by Crippen LogP contribution is -2.42. The Kier molecular flexibility index (Phi) is 6.91. The van der Waals surface area contributed by atoms with E-state index in [4.69, 9.17) is 9.47 Å². The highest BCUT2D eigenvalue weighted by Crippen LogP contribution is 2.19. The van der Waals surface area contributed by atoms with Crippen molar-refractivity contribution in [3.63, 3.8) is 0 Å². The number of piperidine rings is 1. The molecule has 1 unspecified atom stereocenters. The van der Waals surface area contributed by atoms with Gasteiger partial charge in [0.1, 0.15) is 5.75 Å². The van der Waals surface area contributed by atoms with Gasteiger partial charge in [0.25, 0.3) is 0 Å². The van der Waals surface area contributed by atoms with E-state index in [1.807, 2.05) is 30.3 Å². The minimum atomic E-state index is -0.183. The monoisotopic (exact) mass is 319 g/mol. The largest absolute Gasteiger partial charge is 0.494 e. The molecule has 0 radical (unpaired) electrons. The van der Waals surface area contributed by atoms with Crippen LogP contribution in [0.15, 0.2) is 30.3 Å². The van der Waals surface area contributed by atoms with Crippen molar-refractivity contribution < 1.29 is 19.1 Å². The zero-order chi connectivity index (χ0) is 16.5. The van der Waals surface area contributed by atoms with Crippen molar-refractivity contribution in [1.29, 1.82) is 0 Å². The summed E-state index contributed by atoms with van der Waals surface area (Å²) >= 11 is 0. The van der Waals surface area contributed by atoms with Crippen LogP contribution in [0.25, 0.3) is 0 Å². The fraction of sp³-hybridized carbons (Fsp3) is 0.556. The number of rotatable bonds is 7. The molecule has 1 heterocycles. The molecule has 1 saturated heterocycles. The third kappa shape index (κ3) is 5.58. The maximum atomic E-state index is 12.3. The van der Waals surface area contributed by atoms with Gasteiger partial charge in [-0.05, 0) is 38.3 Å². The molecular formula is C18H25NO4. The Labute approximate surface area is 137 Å². The lowest BCUT2D eigenvalue weighted by Gasteiger charge is -2.31. The number of ether oxygens (including phenoxy) is 2. The van der Waals surface area contributed by atoms with Crippen molar-refractivity contribution in [3.8, 4) is 5.75 Å². The average molecular weight is 319 g/mol. The molecule has 1 aliphatic heterocycles. The molecule has 0 N–H and O–H groups in total. The SMILES string of the molecule is CCOC(=O)C1CCCN(C(=O)CCCOc2ccccc2)C1. The van der Waals surface area contributed by atoms with E-state index in [-0.39, 0.29) is 17.8 Å². The van der Waals surface area contributed by atoms with Gasteiger partial charge >= 0.3 is 5.97 Å². The molecule has 23 heavy (non-hydrogen) atoms. The van der Waals surface area contributed by atoms with Crippen LogP contribution < -0.4 is 4.74 Å². The van der Waals surface area contributed by atoms with E-state index in [2.05, 4.69) is 0 Å². The van der Waals surface area contributed by atoms with E-state index >= 15 is 0 Å². The number of likely N-dealkylation sites (tertiary alicyclic amines) is 1. The molecule has 1 aromatic rings. The molecule has 0 aromatic heterocycles. The summed E-state index contributed by atoms with van der Waals surface area (Å²) in [6, 6.07) is 9.58. The van der Waals surface area contributed by atoms with Gasteiger partial charge in [-0.15, -0.1) is 0 Å². The molecule has 5 heteroatoms. The summed E-state index contributed by atoms with van der Waals surface area (Å²) in [5.41, 5.74) is 0. The van der Waals surface area contributed by atoms with Crippen LogP contribution in [0.5, 0.6) is 5.75 Å². The third-order valence-electron chi connectivity index (χ3n) is 3.94. The Bertz CT molecular complexity index is 503. The molecule has 0 saturated carbocycles. The molecule has 1 atom stereocenters. The summed E-state index contributed by atoms with van der Waals surface area (Å²) < 4.78 is 10.7. The molecule has 126 valence electrons. The predicted molar refractivity (Wildman–Crippen MR) is 87.1 cm³/mol. The molecule has 0 spiro atoms. The van der Waals surface area contributed by atoms with Crippen molar-refractivity contribution in [2.75, 3.05) is 26.3 Å². The highest BCUT2D eigenvalue weighted by molar-refractivity contribution is 5.78. The maximum Gasteiger partial charge on any atom is 0.310 e. The molecule has 1 aliphatic rings. The van der Waals surface area contributed by atoms with Gasteiger partial charge < -0.3 is 14.4 Å². The quantitative estimate of drug-likeness (QED) is 0.573. The maximum absolute atomic E-state index is 12.3. The summed E-state index contributed by atoms with van der Waals surface area (Å²) in [5, 5.41) is 0. The standard InChI is InChI=1S/C18H25NO4/c1-2-22-18(21)15-8-6-12-19(14-15)17(20)11-7-13-23-16-9-4-3-5-10-16/h3-5,9-10,15H,2,6-8,11-14H2,1H3. The zero-order valence-corrected chi connectivity index (χ0v) is 13.7. The number of hydrogen-bond donors (Lipinski definition) is 0. The number of para-hydroxylation sites is 1. The van der Waals surface area contributed by atoms with Crippen LogP contribution in [0, 0.1) is 5.92 Å². The van der Waals surface area contributed by atoms with Crippen molar-refractivity contribution >= 4 is 11.9 Å². The smallest absolute Gasteiger partial charge is 0.310 e. The highest BCUT2D eigenvalue weighted by Gasteiger charge is 2.28. The van der Waals surface area contributed by atoms with E-state index in [0.717, 1.165) is 25.1 Å². The van der Waals surface area contributed by atoms with Gasteiger partial charge in [0.05, 0.1) is 19.1 Å². The van der Waals surface area contributed by atoms with Gasteiger partial charge in [0.15, 0.2) is 0 Å². The molecule has 2 rings (SSSR count). The summed E-state index contributed by atoms with van der Waals surface area (Å²) in [7, 11) is 0. The van der Waals surface area contributed by atoms with Gasteiger partial charge in [0, 0.05) is 19.5 Å². The Morgan fingerprint density at radius 2 is 2.04 bits per heavy atom. The van der Waals surface area contributed by atoms with Crippen molar-refractivity contribution in [2.45, 2.75) is 32.6 Å². The van der Waals surface area contributed by atoms with E-state index in [0.29, 0.717) is 32.6 Å². The number of esters is 1. The summed E-state index contributed by atoms with van der Waals surface area (Å²) in [4.78, 5) is 25.8. The van der Waals surface area contributed by atoms with Gasteiger partial charge in [-0.1, -0.05) is 18.2 Å². The number of nitrogens with zero attached hydrogens (tertiary/aromatic N) is 1. The first-order valence-electron chi connectivity index (χ1n) is 8.33. The first-order valence-corrected chi connectivity index (χ1v) is 8.33. The number of benzene rings is 1. The van der Waals surface area contributed by atoms with Gasteiger partial charge in [0.2, 0.25) is 5.91 Å². The van der Waals surface area contributed by atoms with Gasteiger partial charge in [-0.25, -0.2) is 0 Å². The van der Waals surface area contributed by atoms with Crippen LogP contribution in [0.4, 0.5) is 0 Å².